The molecule has 2 fully saturated rings. The largest absolute Gasteiger partial charge is 0.489 e. The first-order valence-electron chi connectivity index (χ1n) is 9.99. The van der Waals surface area contributed by atoms with Gasteiger partial charge in [0.25, 0.3) is 0 Å². The maximum absolute atomic E-state index is 11.5. The van der Waals surface area contributed by atoms with Crippen LogP contribution in [0.25, 0.3) is 11.3 Å². The predicted molar refractivity (Wildman–Crippen MR) is 118 cm³/mol. The molecule has 29 heavy (non-hydrogen) atoms. The lowest BCUT2D eigenvalue weighted by Crippen LogP contribution is -2.43. The van der Waals surface area contributed by atoms with Crippen LogP contribution >= 0.6 is 12.6 Å². The molecule has 0 bridgehead atoms. The number of thiol groups is 1. The van der Waals surface area contributed by atoms with Gasteiger partial charge in [-0.2, -0.15) is 0 Å². The summed E-state index contributed by atoms with van der Waals surface area (Å²) in [5.41, 5.74) is 9.57. The molecule has 1 aromatic heterocycles. The fraction of sp³-hybridized carbons (Fsp3) is 0.429. The number of pyridine rings is 1. The van der Waals surface area contributed by atoms with Crippen LogP contribution in [0.5, 0.6) is 5.75 Å². The minimum absolute atomic E-state index is 0.0681. The standard InChI is InChI=1S/C21H27N5O2S/c1-13(15-10-20(27)25-11-15)28-19-9-14(8-17(22)21(19)29)18-3-2-16(12-24-18)26-6-4-23-5-7-26/h2-3,8-9,12-13,15,23,29H,4-7,10-11,22H2,1H3,(H,25,27)/t13-,15-/m1/s1. The molecule has 1 amide bonds. The van der Waals surface area contributed by atoms with Gasteiger partial charge in [-0.15, -0.1) is 12.6 Å². The molecule has 0 aliphatic carbocycles. The summed E-state index contributed by atoms with van der Waals surface area (Å²) in [6.45, 7) is 6.55. The van der Waals surface area contributed by atoms with Crippen LogP contribution in [0.1, 0.15) is 13.3 Å². The molecule has 154 valence electrons. The van der Waals surface area contributed by atoms with Crippen LogP contribution in [0.2, 0.25) is 0 Å². The molecular weight excluding hydrogens is 386 g/mol. The average molecular weight is 414 g/mol. The van der Waals surface area contributed by atoms with E-state index in [1.807, 2.05) is 31.3 Å². The van der Waals surface area contributed by atoms with Crippen molar-refractivity contribution in [2.75, 3.05) is 43.4 Å². The molecule has 0 saturated carbocycles. The minimum Gasteiger partial charge on any atom is -0.489 e. The average Bonchev–Trinajstić information content (AvgIpc) is 3.18. The third kappa shape index (κ3) is 4.43. The molecular formula is C21H27N5O2S. The lowest BCUT2D eigenvalue weighted by Gasteiger charge is -2.29. The van der Waals surface area contributed by atoms with Gasteiger partial charge < -0.3 is 26.0 Å². The monoisotopic (exact) mass is 413 g/mol. The number of nitrogens with two attached hydrogens (primary N) is 1. The molecule has 2 aromatic rings. The zero-order chi connectivity index (χ0) is 20.4. The van der Waals surface area contributed by atoms with E-state index < -0.39 is 0 Å². The third-order valence-corrected chi connectivity index (χ3v) is 6.09. The van der Waals surface area contributed by atoms with Crippen LogP contribution in [0.3, 0.4) is 0 Å². The fourth-order valence-electron chi connectivity index (χ4n) is 3.79. The molecule has 8 heteroatoms. The predicted octanol–water partition coefficient (Wildman–Crippen LogP) is 1.93. The van der Waals surface area contributed by atoms with Gasteiger partial charge in [0.1, 0.15) is 11.9 Å². The summed E-state index contributed by atoms with van der Waals surface area (Å²) in [5, 5.41) is 6.21. The van der Waals surface area contributed by atoms with Crippen molar-refractivity contribution in [2.24, 2.45) is 5.92 Å². The molecule has 0 radical (unpaired) electrons. The minimum atomic E-state index is -0.127. The number of ether oxygens (including phenoxy) is 1. The highest BCUT2D eigenvalue weighted by molar-refractivity contribution is 7.80. The van der Waals surface area contributed by atoms with Gasteiger partial charge >= 0.3 is 0 Å². The molecule has 1 aromatic carbocycles. The number of nitrogen functional groups attached to an aromatic ring is 1. The lowest BCUT2D eigenvalue weighted by atomic mass is 10.0. The van der Waals surface area contributed by atoms with E-state index in [4.69, 9.17) is 10.5 Å². The Morgan fingerprint density at radius 3 is 2.76 bits per heavy atom. The molecule has 4 N–H and O–H groups in total. The number of amides is 1. The van der Waals surface area contributed by atoms with Crippen LogP contribution in [0, 0.1) is 5.92 Å². The van der Waals surface area contributed by atoms with Crippen molar-refractivity contribution < 1.29 is 9.53 Å². The topological polar surface area (TPSA) is 92.5 Å². The fourth-order valence-corrected chi connectivity index (χ4v) is 3.97. The molecule has 2 aliphatic rings. The first-order chi connectivity index (χ1) is 14.0. The van der Waals surface area contributed by atoms with Crippen molar-refractivity contribution in [3.05, 3.63) is 30.5 Å². The van der Waals surface area contributed by atoms with Gasteiger partial charge in [-0.25, -0.2) is 0 Å². The van der Waals surface area contributed by atoms with Crippen molar-refractivity contribution in [1.82, 2.24) is 15.6 Å². The molecule has 7 nitrogen and oxygen atoms in total. The number of carbonyl (C=O) groups is 1. The Labute approximate surface area is 176 Å². The number of hydrogen-bond acceptors (Lipinski definition) is 7. The number of anilines is 2. The summed E-state index contributed by atoms with van der Waals surface area (Å²) in [5.74, 6) is 0.818. The van der Waals surface area contributed by atoms with Gasteiger partial charge in [-0.3, -0.25) is 9.78 Å². The lowest BCUT2D eigenvalue weighted by molar-refractivity contribution is -0.119. The smallest absolute Gasteiger partial charge is 0.220 e. The van der Waals surface area contributed by atoms with E-state index in [0.717, 1.165) is 43.1 Å². The normalized spacial score (nSPS) is 20.4. The highest BCUT2D eigenvalue weighted by atomic mass is 32.1. The Hall–Kier alpha value is -2.45. The summed E-state index contributed by atoms with van der Waals surface area (Å²) < 4.78 is 6.15. The van der Waals surface area contributed by atoms with Gasteiger partial charge in [0.15, 0.2) is 0 Å². The number of carbonyl (C=O) groups excluding carboxylic acids is 1. The second-order valence-electron chi connectivity index (χ2n) is 7.64. The van der Waals surface area contributed by atoms with Gasteiger partial charge in [0.05, 0.1) is 22.5 Å². The zero-order valence-corrected chi connectivity index (χ0v) is 17.4. The maximum Gasteiger partial charge on any atom is 0.220 e. The van der Waals surface area contributed by atoms with Crippen molar-refractivity contribution in [2.45, 2.75) is 24.3 Å². The van der Waals surface area contributed by atoms with Crippen LogP contribution in [-0.2, 0) is 4.79 Å². The van der Waals surface area contributed by atoms with E-state index in [1.54, 1.807) is 0 Å². The van der Waals surface area contributed by atoms with E-state index >= 15 is 0 Å². The van der Waals surface area contributed by atoms with Crippen molar-refractivity contribution in [3.63, 3.8) is 0 Å². The summed E-state index contributed by atoms with van der Waals surface area (Å²) in [4.78, 5) is 19.1. The second kappa shape index (κ2) is 8.51. The number of aromatic nitrogens is 1. The van der Waals surface area contributed by atoms with Gasteiger partial charge in [0, 0.05) is 56.3 Å². The highest BCUT2D eigenvalue weighted by Gasteiger charge is 2.28. The summed E-state index contributed by atoms with van der Waals surface area (Å²) in [6, 6.07) is 7.90. The Balaban J connectivity index is 1.54. The molecule has 0 spiro atoms. The Bertz CT molecular complexity index is 883. The van der Waals surface area contributed by atoms with Gasteiger partial charge in [-0.05, 0) is 31.2 Å². The van der Waals surface area contributed by atoms with Gasteiger partial charge in [0.2, 0.25) is 5.91 Å². The molecule has 2 saturated heterocycles. The van der Waals surface area contributed by atoms with Crippen LogP contribution < -0.4 is 26.0 Å². The van der Waals surface area contributed by atoms with Crippen molar-refractivity contribution in [1.29, 1.82) is 0 Å². The highest BCUT2D eigenvalue weighted by Crippen LogP contribution is 2.36. The summed E-state index contributed by atoms with van der Waals surface area (Å²) in [7, 11) is 0. The van der Waals surface area contributed by atoms with E-state index in [1.165, 1.54) is 0 Å². The zero-order valence-electron chi connectivity index (χ0n) is 16.5. The second-order valence-corrected chi connectivity index (χ2v) is 8.09. The van der Waals surface area contributed by atoms with E-state index in [0.29, 0.717) is 29.3 Å². The van der Waals surface area contributed by atoms with E-state index in [9.17, 15) is 4.79 Å². The molecule has 2 aliphatic heterocycles. The number of piperazine rings is 1. The number of nitrogens with zero attached hydrogens (tertiary/aromatic N) is 2. The number of rotatable bonds is 5. The first-order valence-corrected chi connectivity index (χ1v) is 10.4. The van der Waals surface area contributed by atoms with Crippen LogP contribution in [-0.4, -0.2) is 49.7 Å². The number of nitrogens with one attached hydrogen (secondary N) is 2. The van der Waals surface area contributed by atoms with Crippen molar-refractivity contribution in [3.8, 4) is 17.0 Å². The number of benzene rings is 1. The van der Waals surface area contributed by atoms with Gasteiger partial charge in [-0.1, -0.05) is 0 Å². The van der Waals surface area contributed by atoms with E-state index in [2.05, 4.69) is 39.2 Å². The first kappa shape index (κ1) is 19.8. The summed E-state index contributed by atoms with van der Waals surface area (Å²) in [6.07, 6.45) is 2.26. The number of hydrogen-bond donors (Lipinski definition) is 4. The third-order valence-electron chi connectivity index (χ3n) is 5.62. The maximum atomic E-state index is 11.5. The van der Waals surface area contributed by atoms with Crippen molar-refractivity contribution >= 4 is 29.9 Å². The Morgan fingerprint density at radius 1 is 1.31 bits per heavy atom. The molecule has 4 rings (SSSR count). The Kier molecular flexibility index (Phi) is 5.82. The Morgan fingerprint density at radius 2 is 2.10 bits per heavy atom. The van der Waals surface area contributed by atoms with Crippen LogP contribution in [0.15, 0.2) is 35.4 Å². The van der Waals surface area contributed by atoms with E-state index in [-0.39, 0.29) is 17.9 Å². The molecule has 3 heterocycles. The molecule has 2 atom stereocenters. The summed E-state index contributed by atoms with van der Waals surface area (Å²) >= 11 is 4.53. The molecule has 0 unspecified atom stereocenters. The SMILES string of the molecule is C[C@@H](Oc1cc(-c2ccc(N3CCNCC3)cn2)cc(N)c1S)[C@H]1CNC(=O)C1. The quantitative estimate of drug-likeness (QED) is 0.442. The van der Waals surface area contributed by atoms with Crippen LogP contribution in [0.4, 0.5) is 11.4 Å².